The van der Waals surface area contributed by atoms with Gasteiger partial charge in [-0.2, -0.15) is 0 Å². The summed E-state index contributed by atoms with van der Waals surface area (Å²) < 4.78 is 8.98. The fourth-order valence-electron chi connectivity index (χ4n) is 2.41. The zero-order valence-corrected chi connectivity index (χ0v) is 15.8. The summed E-state index contributed by atoms with van der Waals surface area (Å²) in [7, 11) is 2.16. The van der Waals surface area contributed by atoms with Crippen molar-refractivity contribution in [3.8, 4) is 11.5 Å². The maximum absolute atomic E-state index is 11.0. The van der Waals surface area contributed by atoms with Crippen molar-refractivity contribution in [1.29, 1.82) is 0 Å². The van der Waals surface area contributed by atoms with E-state index in [1.165, 1.54) is 4.90 Å². The van der Waals surface area contributed by atoms with E-state index in [2.05, 4.69) is 44.3 Å². The van der Waals surface area contributed by atoms with E-state index in [0.29, 0.717) is 11.3 Å². The SMILES string of the molecule is CN1CCN(Sc2ccc(Oc3ccc(Br)c(C=O)c3)cc2)CC1. The first kappa shape index (κ1) is 17.5. The van der Waals surface area contributed by atoms with Crippen LogP contribution in [0.5, 0.6) is 11.5 Å². The van der Waals surface area contributed by atoms with Crippen molar-refractivity contribution in [3.63, 3.8) is 0 Å². The highest BCUT2D eigenvalue weighted by atomic mass is 79.9. The van der Waals surface area contributed by atoms with Gasteiger partial charge in [0, 0.05) is 41.1 Å². The molecule has 1 aliphatic rings. The second kappa shape index (κ2) is 8.16. The molecule has 0 atom stereocenters. The Labute approximate surface area is 155 Å². The third-order valence-electron chi connectivity index (χ3n) is 3.85. The topological polar surface area (TPSA) is 32.8 Å². The summed E-state index contributed by atoms with van der Waals surface area (Å²) in [6.07, 6.45) is 0.812. The first-order valence-corrected chi connectivity index (χ1v) is 9.35. The minimum atomic E-state index is 0.578. The minimum Gasteiger partial charge on any atom is -0.457 e. The molecular weight excluding hydrogens is 388 g/mol. The normalized spacial score (nSPS) is 16.1. The lowest BCUT2D eigenvalue weighted by Crippen LogP contribution is -2.40. The molecule has 126 valence electrons. The molecule has 3 rings (SSSR count). The molecule has 1 aliphatic heterocycles. The van der Waals surface area contributed by atoms with E-state index in [9.17, 15) is 4.79 Å². The van der Waals surface area contributed by atoms with Crippen molar-refractivity contribution in [2.24, 2.45) is 0 Å². The van der Waals surface area contributed by atoms with Crippen molar-refractivity contribution in [3.05, 3.63) is 52.5 Å². The third kappa shape index (κ3) is 4.60. The Morgan fingerprint density at radius 1 is 1.04 bits per heavy atom. The van der Waals surface area contributed by atoms with Gasteiger partial charge in [-0.25, -0.2) is 4.31 Å². The molecule has 2 aromatic carbocycles. The van der Waals surface area contributed by atoms with Gasteiger partial charge < -0.3 is 9.64 Å². The average Bonchev–Trinajstić information content (AvgIpc) is 2.60. The lowest BCUT2D eigenvalue weighted by atomic mass is 10.2. The predicted molar refractivity (Wildman–Crippen MR) is 101 cm³/mol. The first-order valence-electron chi connectivity index (χ1n) is 7.78. The van der Waals surface area contributed by atoms with Crippen LogP contribution in [-0.4, -0.2) is 48.7 Å². The van der Waals surface area contributed by atoms with E-state index < -0.39 is 0 Å². The van der Waals surface area contributed by atoms with E-state index >= 15 is 0 Å². The Morgan fingerprint density at radius 3 is 2.38 bits per heavy atom. The molecule has 0 aliphatic carbocycles. The molecule has 4 nitrogen and oxygen atoms in total. The Bertz CT molecular complexity index is 701. The maximum atomic E-state index is 11.0. The van der Waals surface area contributed by atoms with Crippen molar-refractivity contribution in [1.82, 2.24) is 9.21 Å². The Hall–Kier alpha value is -1.34. The Morgan fingerprint density at radius 2 is 1.71 bits per heavy atom. The highest BCUT2D eigenvalue weighted by Gasteiger charge is 2.14. The van der Waals surface area contributed by atoms with Crippen molar-refractivity contribution in [2.75, 3.05) is 33.2 Å². The van der Waals surface area contributed by atoms with E-state index in [0.717, 1.165) is 42.7 Å². The minimum absolute atomic E-state index is 0.578. The summed E-state index contributed by atoms with van der Waals surface area (Å²) in [6, 6.07) is 13.4. The van der Waals surface area contributed by atoms with Crippen molar-refractivity contribution < 1.29 is 9.53 Å². The van der Waals surface area contributed by atoms with Gasteiger partial charge in [0.05, 0.1) is 0 Å². The van der Waals surface area contributed by atoms with Gasteiger partial charge >= 0.3 is 0 Å². The van der Waals surface area contributed by atoms with Crippen LogP contribution in [0.25, 0.3) is 0 Å². The highest BCUT2D eigenvalue weighted by Crippen LogP contribution is 2.29. The van der Waals surface area contributed by atoms with Gasteiger partial charge in [-0.05, 0) is 61.5 Å². The molecule has 0 spiro atoms. The average molecular weight is 407 g/mol. The van der Waals surface area contributed by atoms with Crippen LogP contribution in [0.15, 0.2) is 51.8 Å². The van der Waals surface area contributed by atoms with Gasteiger partial charge in [0.15, 0.2) is 6.29 Å². The molecule has 0 bridgehead atoms. The summed E-state index contributed by atoms with van der Waals surface area (Å²) in [4.78, 5) is 14.5. The number of hydrogen-bond donors (Lipinski definition) is 0. The molecule has 0 saturated carbocycles. The van der Waals surface area contributed by atoms with E-state index in [4.69, 9.17) is 4.74 Å². The van der Waals surface area contributed by atoms with E-state index in [1.54, 1.807) is 18.0 Å². The number of ether oxygens (including phenoxy) is 1. The largest absolute Gasteiger partial charge is 0.457 e. The van der Waals surface area contributed by atoms with Crippen LogP contribution in [0.4, 0.5) is 0 Å². The zero-order chi connectivity index (χ0) is 16.9. The lowest BCUT2D eigenvalue weighted by Gasteiger charge is -2.31. The van der Waals surface area contributed by atoms with Crippen LogP contribution in [0, 0.1) is 0 Å². The quantitative estimate of drug-likeness (QED) is 0.545. The third-order valence-corrected chi connectivity index (χ3v) is 5.68. The molecule has 0 aromatic heterocycles. The molecule has 0 unspecified atom stereocenters. The second-order valence-electron chi connectivity index (χ2n) is 5.70. The monoisotopic (exact) mass is 406 g/mol. The molecule has 1 heterocycles. The Kier molecular flexibility index (Phi) is 5.94. The molecule has 1 fully saturated rings. The fourth-order valence-corrected chi connectivity index (χ4v) is 3.65. The number of halogens is 1. The van der Waals surface area contributed by atoms with Gasteiger partial charge in [-0.3, -0.25) is 4.79 Å². The molecular formula is C18H19BrN2O2S. The smallest absolute Gasteiger partial charge is 0.151 e. The first-order chi connectivity index (χ1) is 11.6. The van der Waals surface area contributed by atoms with Crippen LogP contribution < -0.4 is 4.74 Å². The van der Waals surface area contributed by atoms with Crippen LogP contribution in [-0.2, 0) is 0 Å². The van der Waals surface area contributed by atoms with E-state index in [-0.39, 0.29) is 0 Å². The summed E-state index contributed by atoms with van der Waals surface area (Å²) in [5.74, 6) is 1.41. The maximum Gasteiger partial charge on any atom is 0.151 e. The Balaban J connectivity index is 1.61. The summed E-state index contributed by atoms with van der Waals surface area (Å²) >= 11 is 5.13. The molecule has 24 heavy (non-hydrogen) atoms. The fraction of sp³-hybridized carbons (Fsp3) is 0.278. The number of piperazine rings is 1. The van der Waals surface area contributed by atoms with Gasteiger partial charge in [0.1, 0.15) is 11.5 Å². The standard InChI is InChI=1S/C18H19BrN2O2S/c1-20-8-10-21(11-9-20)24-17-5-2-15(3-6-17)23-16-4-7-18(19)14(12-16)13-22/h2-7,12-13H,8-11H2,1H3. The van der Waals surface area contributed by atoms with Gasteiger partial charge in [-0.15, -0.1) is 0 Å². The van der Waals surface area contributed by atoms with Crippen molar-refractivity contribution >= 4 is 34.2 Å². The molecule has 0 radical (unpaired) electrons. The molecule has 1 saturated heterocycles. The summed E-state index contributed by atoms with van der Waals surface area (Å²) in [5.41, 5.74) is 0.578. The van der Waals surface area contributed by atoms with E-state index in [1.807, 2.05) is 24.3 Å². The van der Waals surface area contributed by atoms with Gasteiger partial charge in [0.2, 0.25) is 0 Å². The van der Waals surface area contributed by atoms with Crippen molar-refractivity contribution in [2.45, 2.75) is 4.90 Å². The predicted octanol–water partition coefficient (Wildman–Crippen LogP) is 4.31. The number of likely N-dealkylation sites (N-methyl/N-ethyl adjacent to an activating group) is 1. The number of benzene rings is 2. The van der Waals surface area contributed by atoms with Crippen LogP contribution >= 0.6 is 27.9 Å². The number of carbonyl (C=O) groups is 1. The number of carbonyl (C=O) groups excluding carboxylic acids is 1. The molecule has 0 N–H and O–H groups in total. The zero-order valence-electron chi connectivity index (χ0n) is 13.4. The second-order valence-corrected chi connectivity index (χ2v) is 7.72. The summed E-state index contributed by atoms with van der Waals surface area (Å²) in [6.45, 7) is 4.37. The number of hydrogen-bond acceptors (Lipinski definition) is 5. The number of nitrogens with zero attached hydrogens (tertiary/aromatic N) is 2. The molecule has 0 amide bonds. The van der Waals surface area contributed by atoms with Gasteiger partial charge in [0.25, 0.3) is 0 Å². The molecule has 2 aromatic rings. The lowest BCUT2D eigenvalue weighted by molar-refractivity contribution is 0.112. The molecule has 6 heteroatoms. The van der Waals surface area contributed by atoms with Gasteiger partial charge in [-0.1, -0.05) is 15.9 Å². The number of aldehydes is 1. The number of rotatable bonds is 5. The highest BCUT2D eigenvalue weighted by molar-refractivity contribution is 9.10. The van der Waals surface area contributed by atoms with Crippen LogP contribution in [0.3, 0.4) is 0 Å². The van der Waals surface area contributed by atoms with Crippen LogP contribution in [0.1, 0.15) is 10.4 Å². The summed E-state index contributed by atoms with van der Waals surface area (Å²) in [5, 5.41) is 0. The van der Waals surface area contributed by atoms with Crippen LogP contribution in [0.2, 0.25) is 0 Å².